The van der Waals surface area contributed by atoms with Gasteiger partial charge in [-0.15, -0.1) is 0 Å². The van der Waals surface area contributed by atoms with Crippen molar-refractivity contribution in [3.63, 3.8) is 0 Å². The van der Waals surface area contributed by atoms with Crippen LogP contribution in [0.1, 0.15) is 33.1 Å². The van der Waals surface area contributed by atoms with Crippen molar-refractivity contribution in [2.75, 3.05) is 27.2 Å². The zero-order valence-corrected chi connectivity index (χ0v) is 11.6. The Morgan fingerprint density at radius 3 is 2.65 bits per heavy atom. The van der Waals surface area contributed by atoms with E-state index in [9.17, 15) is 4.79 Å². The molecule has 100 valence electrons. The van der Waals surface area contributed by atoms with Crippen LogP contribution in [-0.2, 0) is 4.79 Å². The molecule has 1 aliphatic heterocycles. The molecule has 4 nitrogen and oxygen atoms in total. The lowest BCUT2D eigenvalue weighted by atomic mass is 10.0. The van der Waals surface area contributed by atoms with Crippen molar-refractivity contribution in [2.45, 2.75) is 45.2 Å². The number of hydrogen-bond acceptors (Lipinski definition) is 3. The maximum absolute atomic E-state index is 12.2. The number of carbonyl (C=O) groups excluding carboxylic acids is 1. The largest absolute Gasteiger partial charge is 0.340 e. The van der Waals surface area contributed by atoms with E-state index in [1.54, 1.807) is 0 Å². The summed E-state index contributed by atoms with van der Waals surface area (Å²) in [7, 11) is 4.15. The van der Waals surface area contributed by atoms with Crippen LogP contribution in [0.15, 0.2) is 0 Å². The molecular formula is C13H27N3O. The molecule has 1 fully saturated rings. The zero-order valence-electron chi connectivity index (χ0n) is 11.6. The fourth-order valence-electron chi connectivity index (χ4n) is 2.42. The smallest absolute Gasteiger partial charge is 0.239 e. The Bertz CT molecular complexity index is 253. The first-order chi connectivity index (χ1) is 7.91. The summed E-state index contributed by atoms with van der Waals surface area (Å²) in [6.07, 6.45) is 3.04. The lowest BCUT2D eigenvalue weighted by molar-refractivity contribution is -0.134. The van der Waals surface area contributed by atoms with Gasteiger partial charge in [0, 0.05) is 19.1 Å². The van der Waals surface area contributed by atoms with Crippen LogP contribution < -0.4 is 5.73 Å². The van der Waals surface area contributed by atoms with Gasteiger partial charge in [-0.05, 0) is 39.3 Å². The first-order valence-electron chi connectivity index (χ1n) is 6.62. The van der Waals surface area contributed by atoms with Crippen LogP contribution in [0, 0.1) is 5.92 Å². The summed E-state index contributed by atoms with van der Waals surface area (Å²) in [4.78, 5) is 16.3. The van der Waals surface area contributed by atoms with Gasteiger partial charge in [0.15, 0.2) is 0 Å². The van der Waals surface area contributed by atoms with E-state index in [1.165, 1.54) is 6.42 Å². The van der Waals surface area contributed by atoms with Gasteiger partial charge in [-0.1, -0.05) is 13.8 Å². The van der Waals surface area contributed by atoms with E-state index in [2.05, 4.69) is 32.8 Å². The highest BCUT2D eigenvalue weighted by atomic mass is 16.2. The van der Waals surface area contributed by atoms with E-state index in [4.69, 9.17) is 5.73 Å². The number of nitrogens with zero attached hydrogens (tertiary/aromatic N) is 2. The second-order valence-corrected chi connectivity index (χ2v) is 5.78. The molecule has 0 bridgehead atoms. The van der Waals surface area contributed by atoms with Gasteiger partial charge in [0.25, 0.3) is 0 Å². The van der Waals surface area contributed by atoms with Gasteiger partial charge in [-0.3, -0.25) is 4.79 Å². The van der Waals surface area contributed by atoms with Crippen LogP contribution in [0.3, 0.4) is 0 Å². The minimum Gasteiger partial charge on any atom is -0.340 e. The first-order valence-corrected chi connectivity index (χ1v) is 6.62. The average Bonchev–Trinajstić information content (AvgIpc) is 2.27. The second-order valence-electron chi connectivity index (χ2n) is 5.78. The van der Waals surface area contributed by atoms with Crippen LogP contribution in [0.4, 0.5) is 0 Å². The summed E-state index contributed by atoms with van der Waals surface area (Å²) in [5.41, 5.74) is 5.97. The van der Waals surface area contributed by atoms with Crippen molar-refractivity contribution in [1.29, 1.82) is 0 Å². The molecule has 1 amide bonds. The van der Waals surface area contributed by atoms with E-state index < -0.39 is 0 Å². The standard InChI is InChI=1S/C13H27N3O/c1-10(2)8-12(14)13(17)16-7-5-6-11(9-16)15(3)4/h10-12H,5-9,14H2,1-4H3. The summed E-state index contributed by atoms with van der Waals surface area (Å²) >= 11 is 0. The first kappa shape index (κ1) is 14.5. The maximum atomic E-state index is 12.2. The van der Waals surface area contributed by atoms with Crippen LogP contribution in [-0.4, -0.2) is 55.0 Å². The number of rotatable bonds is 4. The SMILES string of the molecule is CC(C)CC(N)C(=O)N1CCCC(N(C)C)C1. The van der Waals surface area contributed by atoms with Crippen LogP contribution >= 0.6 is 0 Å². The minimum absolute atomic E-state index is 0.130. The number of piperidine rings is 1. The van der Waals surface area contributed by atoms with Gasteiger partial charge in [-0.2, -0.15) is 0 Å². The molecule has 0 saturated carbocycles. The third-order valence-electron chi connectivity index (χ3n) is 3.48. The zero-order chi connectivity index (χ0) is 13.0. The monoisotopic (exact) mass is 241 g/mol. The Morgan fingerprint density at radius 2 is 2.12 bits per heavy atom. The van der Waals surface area contributed by atoms with Crippen molar-refractivity contribution in [3.05, 3.63) is 0 Å². The van der Waals surface area contributed by atoms with Crippen molar-refractivity contribution < 1.29 is 4.79 Å². The molecule has 17 heavy (non-hydrogen) atoms. The number of hydrogen-bond donors (Lipinski definition) is 1. The molecule has 0 aromatic heterocycles. The van der Waals surface area contributed by atoms with Crippen molar-refractivity contribution in [3.8, 4) is 0 Å². The van der Waals surface area contributed by atoms with Crippen LogP contribution in [0.5, 0.6) is 0 Å². The molecule has 0 aliphatic carbocycles. The predicted molar refractivity (Wildman–Crippen MR) is 70.7 cm³/mol. The Morgan fingerprint density at radius 1 is 1.47 bits per heavy atom. The van der Waals surface area contributed by atoms with E-state index in [0.717, 1.165) is 25.9 Å². The van der Waals surface area contributed by atoms with Gasteiger partial charge in [0.05, 0.1) is 6.04 Å². The molecule has 1 aliphatic rings. The van der Waals surface area contributed by atoms with E-state index in [1.807, 2.05) is 4.90 Å². The van der Waals surface area contributed by atoms with Gasteiger partial charge in [0.2, 0.25) is 5.91 Å². The summed E-state index contributed by atoms with van der Waals surface area (Å²) in [6.45, 7) is 5.91. The highest BCUT2D eigenvalue weighted by Crippen LogP contribution is 2.15. The molecule has 0 aromatic carbocycles. The summed E-state index contributed by atoms with van der Waals surface area (Å²) in [5, 5.41) is 0. The quantitative estimate of drug-likeness (QED) is 0.796. The summed E-state index contributed by atoms with van der Waals surface area (Å²) < 4.78 is 0. The van der Waals surface area contributed by atoms with Crippen LogP contribution in [0.2, 0.25) is 0 Å². The Kier molecular flexibility index (Phi) is 5.40. The second kappa shape index (κ2) is 6.36. The third kappa shape index (κ3) is 4.28. The lowest BCUT2D eigenvalue weighted by Crippen LogP contribution is -2.52. The normalized spacial score (nSPS) is 23.2. The fraction of sp³-hybridized carbons (Fsp3) is 0.923. The van der Waals surface area contributed by atoms with Gasteiger partial charge >= 0.3 is 0 Å². The minimum atomic E-state index is -0.323. The molecule has 1 heterocycles. The number of likely N-dealkylation sites (N-methyl/N-ethyl adjacent to an activating group) is 1. The van der Waals surface area contributed by atoms with Gasteiger partial charge in [0.1, 0.15) is 0 Å². The van der Waals surface area contributed by atoms with Crippen LogP contribution in [0.25, 0.3) is 0 Å². The summed E-state index contributed by atoms with van der Waals surface area (Å²) in [6, 6.07) is 0.162. The van der Waals surface area contributed by atoms with Crippen molar-refractivity contribution in [2.24, 2.45) is 11.7 Å². The van der Waals surface area contributed by atoms with Gasteiger partial charge < -0.3 is 15.5 Å². The molecule has 4 heteroatoms. The molecule has 0 spiro atoms. The summed E-state index contributed by atoms with van der Waals surface area (Å²) in [5.74, 6) is 0.605. The van der Waals surface area contributed by atoms with E-state index in [-0.39, 0.29) is 11.9 Å². The number of nitrogens with two attached hydrogens (primary N) is 1. The number of amides is 1. The average molecular weight is 241 g/mol. The molecular weight excluding hydrogens is 214 g/mol. The Hall–Kier alpha value is -0.610. The molecule has 0 radical (unpaired) electrons. The van der Waals surface area contributed by atoms with Gasteiger partial charge in [-0.25, -0.2) is 0 Å². The molecule has 0 aromatic rings. The number of likely N-dealkylation sites (tertiary alicyclic amines) is 1. The highest BCUT2D eigenvalue weighted by Gasteiger charge is 2.28. The molecule has 2 N–H and O–H groups in total. The molecule has 2 atom stereocenters. The topological polar surface area (TPSA) is 49.6 Å². The van der Waals surface area contributed by atoms with Crippen molar-refractivity contribution in [1.82, 2.24) is 9.80 Å². The van der Waals surface area contributed by atoms with E-state index in [0.29, 0.717) is 12.0 Å². The third-order valence-corrected chi connectivity index (χ3v) is 3.48. The molecule has 1 saturated heterocycles. The molecule has 2 unspecified atom stereocenters. The molecule has 1 rings (SSSR count). The highest BCUT2D eigenvalue weighted by molar-refractivity contribution is 5.81. The Balaban J connectivity index is 2.51. The maximum Gasteiger partial charge on any atom is 0.239 e. The predicted octanol–water partition coefficient (Wildman–Crippen LogP) is 0.912. The fourth-order valence-corrected chi connectivity index (χ4v) is 2.42. The number of carbonyl (C=O) groups is 1. The van der Waals surface area contributed by atoms with Crippen molar-refractivity contribution >= 4 is 5.91 Å². The Labute approximate surface area is 105 Å². The lowest BCUT2D eigenvalue weighted by Gasteiger charge is -2.37. The van der Waals surface area contributed by atoms with E-state index >= 15 is 0 Å².